The van der Waals surface area contributed by atoms with Crippen LogP contribution >= 0.6 is 11.6 Å². The molecule has 1 unspecified atom stereocenters. The molecule has 10 heteroatoms. The van der Waals surface area contributed by atoms with E-state index in [1.165, 1.54) is 24.3 Å². The smallest absolute Gasteiger partial charge is 0.270 e. The molecule has 1 aromatic carbocycles. The minimum atomic E-state index is -3.09. The molecule has 0 radical (unpaired) electrons. The van der Waals surface area contributed by atoms with Crippen molar-refractivity contribution in [2.75, 3.05) is 16.8 Å². The quantitative estimate of drug-likeness (QED) is 0.819. The van der Waals surface area contributed by atoms with E-state index in [1.807, 2.05) is 0 Å². The van der Waals surface area contributed by atoms with Crippen molar-refractivity contribution in [1.82, 2.24) is 15.3 Å². The second-order valence-electron chi connectivity index (χ2n) is 6.01. The summed E-state index contributed by atoms with van der Waals surface area (Å²) >= 11 is 5.75. The van der Waals surface area contributed by atoms with Gasteiger partial charge in [-0.15, -0.1) is 0 Å². The number of sulfone groups is 1. The maximum Gasteiger partial charge on any atom is 0.270 e. The van der Waals surface area contributed by atoms with Crippen molar-refractivity contribution in [3.05, 3.63) is 46.6 Å². The Labute approximate surface area is 154 Å². The van der Waals surface area contributed by atoms with Crippen LogP contribution in [0.15, 0.2) is 24.3 Å². The summed E-state index contributed by atoms with van der Waals surface area (Å²) in [5.74, 6) is -0.321. The number of carbonyl (C=O) groups is 1. The first-order valence-corrected chi connectivity index (χ1v) is 10.0. The molecule has 0 spiro atoms. The Balaban J connectivity index is 1.76. The first-order valence-electron chi connectivity index (χ1n) is 7.81. The molecule has 0 aliphatic carbocycles. The lowest BCUT2D eigenvalue weighted by molar-refractivity contribution is 0.0935. The van der Waals surface area contributed by atoms with Gasteiger partial charge in [0.15, 0.2) is 9.84 Å². The van der Waals surface area contributed by atoms with Crippen molar-refractivity contribution in [2.45, 2.75) is 19.4 Å². The Morgan fingerprint density at radius 1 is 1.31 bits per heavy atom. The molecule has 1 fully saturated rings. The minimum absolute atomic E-state index is 0.0406. The molecule has 1 saturated heterocycles. The number of rotatable bonds is 4. The molecule has 138 valence electrons. The van der Waals surface area contributed by atoms with Crippen molar-refractivity contribution in [1.29, 1.82) is 0 Å². The fraction of sp³-hybridized carbons (Fsp3) is 0.312. The molecule has 1 aliphatic rings. The van der Waals surface area contributed by atoms with Crippen molar-refractivity contribution in [3.63, 3.8) is 0 Å². The molecule has 1 aromatic heterocycles. The van der Waals surface area contributed by atoms with Gasteiger partial charge in [-0.1, -0.05) is 11.6 Å². The number of amides is 1. The van der Waals surface area contributed by atoms with Crippen molar-refractivity contribution >= 4 is 38.9 Å². The number of aromatic nitrogens is 2. The Morgan fingerprint density at radius 3 is 2.73 bits per heavy atom. The second-order valence-corrected chi connectivity index (χ2v) is 8.65. The SMILES string of the molecule is Cc1nc(Nc2ccc(F)c(Cl)c2)cc(C(=O)NC2CCS(=O)(=O)C2)n1. The molecule has 2 aromatic rings. The van der Waals surface area contributed by atoms with Crippen LogP contribution in [-0.4, -0.2) is 41.8 Å². The molecule has 2 heterocycles. The van der Waals surface area contributed by atoms with Gasteiger partial charge in [0.05, 0.1) is 16.5 Å². The first-order chi connectivity index (χ1) is 12.2. The van der Waals surface area contributed by atoms with E-state index in [4.69, 9.17) is 11.6 Å². The Bertz CT molecular complexity index is 968. The molecule has 1 atom stereocenters. The van der Waals surface area contributed by atoms with E-state index >= 15 is 0 Å². The lowest BCUT2D eigenvalue weighted by atomic mass is 10.2. The Kier molecular flexibility index (Phi) is 5.10. The van der Waals surface area contributed by atoms with E-state index in [9.17, 15) is 17.6 Å². The van der Waals surface area contributed by atoms with Crippen LogP contribution < -0.4 is 10.6 Å². The monoisotopic (exact) mass is 398 g/mol. The van der Waals surface area contributed by atoms with Gasteiger partial charge in [-0.3, -0.25) is 4.79 Å². The normalized spacial score (nSPS) is 18.5. The molecule has 1 amide bonds. The number of hydrogen-bond donors (Lipinski definition) is 2. The number of nitrogens with one attached hydrogen (secondary N) is 2. The molecule has 0 bridgehead atoms. The van der Waals surface area contributed by atoms with Crippen LogP contribution in [0, 0.1) is 12.7 Å². The lowest BCUT2D eigenvalue weighted by Gasteiger charge is -2.12. The fourth-order valence-electron chi connectivity index (χ4n) is 2.64. The summed E-state index contributed by atoms with van der Waals surface area (Å²) in [6.45, 7) is 1.62. The summed E-state index contributed by atoms with van der Waals surface area (Å²) in [7, 11) is -3.09. The van der Waals surface area contributed by atoms with Crippen LogP contribution in [0.5, 0.6) is 0 Å². The van der Waals surface area contributed by atoms with Gasteiger partial charge in [0.2, 0.25) is 0 Å². The highest BCUT2D eigenvalue weighted by atomic mass is 35.5. The number of aryl methyl sites for hydroxylation is 1. The summed E-state index contributed by atoms with van der Waals surface area (Å²) in [6.07, 6.45) is 0.386. The highest BCUT2D eigenvalue weighted by molar-refractivity contribution is 7.91. The predicted octanol–water partition coefficient (Wildman–Crippen LogP) is 2.24. The number of benzene rings is 1. The third-order valence-electron chi connectivity index (χ3n) is 3.83. The first kappa shape index (κ1) is 18.5. The molecule has 7 nitrogen and oxygen atoms in total. The standard InChI is InChI=1S/C16H16ClFN4O3S/c1-9-19-14(16(23)22-11-4-5-26(24,25)8-11)7-15(20-9)21-10-2-3-13(18)12(17)6-10/h2-3,6-7,11H,4-5,8H2,1H3,(H,22,23)(H,19,20,21). The Morgan fingerprint density at radius 2 is 2.08 bits per heavy atom. The molecule has 3 rings (SSSR count). The fourth-order valence-corrected chi connectivity index (χ4v) is 4.49. The minimum Gasteiger partial charge on any atom is -0.347 e. The van der Waals surface area contributed by atoms with Crippen LogP contribution in [0.2, 0.25) is 5.02 Å². The summed E-state index contributed by atoms with van der Waals surface area (Å²) in [4.78, 5) is 20.6. The summed E-state index contributed by atoms with van der Waals surface area (Å²) in [5, 5.41) is 5.57. The average Bonchev–Trinajstić information content (AvgIpc) is 2.89. The van der Waals surface area contributed by atoms with Crippen LogP contribution in [0.3, 0.4) is 0 Å². The van der Waals surface area contributed by atoms with Crippen LogP contribution in [0.1, 0.15) is 22.7 Å². The molecule has 2 N–H and O–H groups in total. The number of hydrogen-bond acceptors (Lipinski definition) is 6. The highest BCUT2D eigenvalue weighted by Crippen LogP contribution is 2.22. The molecule has 0 saturated carbocycles. The maximum atomic E-state index is 13.2. The zero-order chi connectivity index (χ0) is 18.9. The highest BCUT2D eigenvalue weighted by Gasteiger charge is 2.29. The molecule has 26 heavy (non-hydrogen) atoms. The zero-order valence-electron chi connectivity index (χ0n) is 13.8. The summed E-state index contributed by atoms with van der Waals surface area (Å²) in [6, 6.07) is 5.12. The van der Waals surface area contributed by atoms with Gasteiger partial charge in [-0.25, -0.2) is 22.8 Å². The maximum absolute atomic E-state index is 13.2. The average molecular weight is 399 g/mol. The number of nitrogens with zero attached hydrogens (tertiary/aromatic N) is 2. The predicted molar refractivity (Wildman–Crippen MR) is 96.0 cm³/mol. The van der Waals surface area contributed by atoms with E-state index in [2.05, 4.69) is 20.6 Å². The van der Waals surface area contributed by atoms with Gasteiger partial charge in [0.25, 0.3) is 5.91 Å². The molecular formula is C16H16ClFN4O3S. The van der Waals surface area contributed by atoms with Gasteiger partial charge in [-0.05, 0) is 31.5 Å². The van der Waals surface area contributed by atoms with Gasteiger partial charge >= 0.3 is 0 Å². The van der Waals surface area contributed by atoms with Gasteiger partial charge in [0, 0.05) is 17.8 Å². The lowest BCUT2D eigenvalue weighted by Crippen LogP contribution is -2.36. The summed E-state index contributed by atoms with van der Waals surface area (Å²) < 4.78 is 36.2. The third-order valence-corrected chi connectivity index (χ3v) is 5.89. The van der Waals surface area contributed by atoms with Gasteiger partial charge < -0.3 is 10.6 Å². The topological polar surface area (TPSA) is 101 Å². The van der Waals surface area contributed by atoms with Crippen molar-refractivity contribution in [2.24, 2.45) is 0 Å². The van der Waals surface area contributed by atoms with E-state index < -0.39 is 27.6 Å². The molecular weight excluding hydrogens is 383 g/mol. The number of halogens is 2. The summed E-state index contributed by atoms with van der Waals surface area (Å²) in [5.41, 5.74) is 0.611. The zero-order valence-corrected chi connectivity index (χ0v) is 15.4. The molecule has 1 aliphatic heterocycles. The largest absolute Gasteiger partial charge is 0.347 e. The van der Waals surface area contributed by atoms with Gasteiger partial charge in [-0.2, -0.15) is 0 Å². The van der Waals surface area contributed by atoms with Crippen molar-refractivity contribution in [3.8, 4) is 0 Å². The van der Waals surface area contributed by atoms with Gasteiger partial charge in [0.1, 0.15) is 23.2 Å². The van der Waals surface area contributed by atoms with E-state index in [1.54, 1.807) is 6.92 Å². The number of carbonyl (C=O) groups excluding carboxylic acids is 1. The van der Waals surface area contributed by atoms with E-state index in [0.29, 0.717) is 23.8 Å². The Hall–Kier alpha value is -2.26. The van der Waals surface area contributed by atoms with Crippen LogP contribution in [0.4, 0.5) is 15.9 Å². The third kappa shape index (κ3) is 4.47. The van der Waals surface area contributed by atoms with Crippen LogP contribution in [0.25, 0.3) is 0 Å². The number of anilines is 2. The van der Waals surface area contributed by atoms with Crippen LogP contribution in [-0.2, 0) is 9.84 Å². The second kappa shape index (κ2) is 7.16. The van der Waals surface area contributed by atoms with Crippen molar-refractivity contribution < 1.29 is 17.6 Å². The van der Waals surface area contributed by atoms with E-state index in [-0.39, 0.29) is 22.2 Å². The van der Waals surface area contributed by atoms with E-state index in [0.717, 1.165) is 0 Å².